The molecule has 0 amide bonds. The lowest BCUT2D eigenvalue weighted by Crippen LogP contribution is -1.88. The lowest BCUT2D eigenvalue weighted by atomic mass is 10.1. The molecule has 2 aromatic heterocycles. The third kappa shape index (κ3) is 1.42. The lowest BCUT2D eigenvalue weighted by molar-refractivity contribution is 0.112. The minimum atomic E-state index is 0.515. The molecule has 2 heterocycles. The largest absolute Gasteiger partial charge is 0.361 e. The van der Waals surface area contributed by atoms with Crippen molar-refractivity contribution in [1.82, 2.24) is 10.1 Å². The van der Waals surface area contributed by atoms with Crippen molar-refractivity contribution < 1.29 is 9.32 Å². The highest BCUT2D eigenvalue weighted by Gasteiger charge is 2.07. The first kappa shape index (κ1) is 8.62. The summed E-state index contributed by atoms with van der Waals surface area (Å²) in [4.78, 5) is 14.6. The molecule has 0 unspecified atom stereocenters. The fourth-order valence-electron chi connectivity index (χ4n) is 1.23. The first-order chi connectivity index (χ1) is 6.81. The summed E-state index contributed by atoms with van der Waals surface area (Å²) in [5, 5.41) is 3.83. The Morgan fingerprint density at radius 1 is 1.50 bits per heavy atom. The van der Waals surface area contributed by atoms with Gasteiger partial charge in [-0.2, -0.15) is 0 Å². The minimum Gasteiger partial charge on any atom is -0.361 e. The normalized spacial score (nSPS) is 10.1. The topological polar surface area (TPSA) is 56.0 Å². The molecule has 0 radical (unpaired) electrons. The summed E-state index contributed by atoms with van der Waals surface area (Å²) in [6.45, 7) is 1.80. The fourth-order valence-corrected chi connectivity index (χ4v) is 1.23. The van der Waals surface area contributed by atoms with Crippen LogP contribution in [0.5, 0.6) is 0 Å². The Labute approximate surface area is 80.6 Å². The van der Waals surface area contributed by atoms with Crippen LogP contribution in [0.25, 0.3) is 11.3 Å². The van der Waals surface area contributed by atoms with Crippen LogP contribution in [0, 0.1) is 6.92 Å². The van der Waals surface area contributed by atoms with E-state index in [0.717, 1.165) is 11.8 Å². The number of carbonyl (C=O) groups is 1. The fraction of sp³-hybridized carbons (Fsp3) is 0.100. The molecule has 0 bridgehead atoms. The minimum absolute atomic E-state index is 0.515. The maximum absolute atomic E-state index is 10.7. The Bertz CT molecular complexity index is 463. The van der Waals surface area contributed by atoms with Gasteiger partial charge in [0.25, 0.3) is 0 Å². The van der Waals surface area contributed by atoms with Crippen LogP contribution in [0.2, 0.25) is 0 Å². The zero-order valence-corrected chi connectivity index (χ0v) is 7.60. The van der Waals surface area contributed by atoms with Crippen molar-refractivity contribution in [2.75, 3.05) is 0 Å². The molecule has 4 heteroatoms. The highest BCUT2D eigenvalue weighted by atomic mass is 16.5. The van der Waals surface area contributed by atoms with Crippen LogP contribution in [0.15, 0.2) is 29.0 Å². The summed E-state index contributed by atoms with van der Waals surface area (Å²) in [5.41, 5.74) is 1.92. The molecule has 0 aliphatic heterocycles. The third-order valence-electron chi connectivity index (χ3n) is 1.88. The van der Waals surface area contributed by atoms with Crippen LogP contribution < -0.4 is 0 Å². The van der Waals surface area contributed by atoms with Gasteiger partial charge < -0.3 is 4.52 Å². The van der Waals surface area contributed by atoms with Crippen molar-refractivity contribution in [3.63, 3.8) is 0 Å². The monoisotopic (exact) mass is 188 g/mol. The summed E-state index contributed by atoms with van der Waals surface area (Å²) in [6, 6.07) is 3.52. The summed E-state index contributed by atoms with van der Waals surface area (Å²) in [7, 11) is 0. The Morgan fingerprint density at radius 2 is 2.36 bits per heavy atom. The van der Waals surface area contributed by atoms with Crippen molar-refractivity contribution in [3.8, 4) is 11.3 Å². The summed E-state index contributed by atoms with van der Waals surface area (Å²) >= 11 is 0. The standard InChI is InChI=1S/C10H8N2O2/c1-7-4-10(12-14-7)9-2-3-11-5-8(9)6-13/h2-6H,1H3. The van der Waals surface area contributed by atoms with Gasteiger partial charge in [0.15, 0.2) is 6.29 Å². The second-order valence-corrected chi connectivity index (χ2v) is 2.90. The predicted octanol–water partition coefficient (Wildman–Crippen LogP) is 1.86. The van der Waals surface area contributed by atoms with Gasteiger partial charge >= 0.3 is 0 Å². The van der Waals surface area contributed by atoms with Crippen LogP contribution in [-0.2, 0) is 0 Å². The summed E-state index contributed by atoms with van der Waals surface area (Å²) in [5.74, 6) is 0.716. The van der Waals surface area contributed by atoms with Crippen LogP contribution >= 0.6 is 0 Å². The number of nitrogens with zero attached hydrogens (tertiary/aromatic N) is 2. The van der Waals surface area contributed by atoms with E-state index in [-0.39, 0.29) is 0 Å². The average molecular weight is 188 g/mol. The van der Waals surface area contributed by atoms with E-state index >= 15 is 0 Å². The SMILES string of the molecule is Cc1cc(-c2ccncc2C=O)no1. The maximum atomic E-state index is 10.7. The molecule has 0 atom stereocenters. The van der Waals surface area contributed by atoms with Gasteiger partial charge in [0.1, 0.15) is 11.5 Å². The Morgan fingerprint density at radius 3 is 3.00 bits per heavy atom. The molecule has 2 aromatic rings. The summed E-state index contributed by atoms with van der Waals surface area (Å²) < 4.78 is 4.93. The molecular formula is C10H8N2O2. The summed E-state index contributed by atoms with van der Waals surface area (Å²) in [6.07, 6.45) is 3.88. The van der Waals surface area contributed by atoms with Crippen molar-refractivity contribution in [2.45, 2.75) is 6.92 Å². The molecule has 0 saturated heterocycles. The molecule has 0 spiro atoms. The van der Waals surface area contributed by atoms with E-state index in [2.05, 4.69) is 10.1 Å². The van der Waals surface area contributed by atoms with Gasteiger partial charge in [0.2, 0.25) is 0 Å². The van der Waals surface area contributed by atoms with Gasteiger partial charge in [-0.15, -0.1) is 0 Å². The molecule has 0 N–H and O–H groups in total. The van der Waals surface area contributed by atoms with Gasteiger partial charge in [-0.25, -0.2) is 0 Å². The molecule has 0 aliphatic carbocycles. The number of aromatic nitrogens is 2. The van der Waals surface area contributed by atoms with Crippen LogP contribution in [0.1, 0.15) is 16.1 Å². The van der Waals surface area contributed by atoms with Crippen molar-refractivity contribution >= 4 is 6.29 Å². The number of pyridine rings is 1. The van der Waals surface area contributed by atoms with E-state index in [0.29, 0.717) is 17.0 Å². The van der Waals surface area contributed by atoms with E-state index in [1.807, 2.05) is 0 Å². The average Bonchev–Trinajstić information content (AvgIpc) is 2.65. The quantitative estimate of drug-likeness (QED) is 0.675. The molecule has 14 heavy (non-hydrogen) atoms. The Hall–Kier alpha value is -1.97. The van der Waals surface area contributed by atoms with E-state index in [1.165, 1.54) is 6.20 Å². The lowest BCUT2D eigenvalue weighted by Gasteiger charge is -1.97. The second kappa shape index (κ2) is 3.41. The highest BCUT2D eigenvalue weighted by Crippen LogP contribution is 2.20. The van der Waals surface area contributed by atoms with E-state index in [1.54, 1.807) is 25.3 Å². The zero-order valence-electron chi connectivity index (χ0n) is 7.60. The van der Waals surface area contributed by atoms with Crippen LogP contribution in [0.3, 0.4) is 0 Å². The molecule has 2 rings (SSSR count). The first-order valence-corrected chi connectivity index (χ1v) is 4.14. The van der Waals surface area contributed by atoms with Crippen molar-refractivity contribution in [3.05, 3.63) is 35.9 Å². The molecule has 0 aliphatic rings. The van der Waals surface area contributed by atoms with Gasteiger partial charge in [0.05, 0.1) is 0 Å². The van der Waals surface area contributed by atoms with Crippen molar-refractivity contribution in [1.29, 1.82) is 0 Å². The highest BCUT2D eigenvalue weighted by molar-refractivity contribution is 5.85. The van der Waals surface area contributed by atoms with Gasteiger partial charge in [-0.3, -0.25) is 9.78 Å². The maximum Gasteiger partial charge on any atom is 0.152 e. The number of hydrogen-bond donors (Lipinski definition) is 0. The van der Waals surface area contributed by atoms with Gasteiger partial charge in [-0.05, 0) is 13.0 Å². The molecule has 4 nitrogen and oxygen atoms in total. The Balaban J connectivity index is 2.55. The van der Waals surface area contributed by atoms with Gasteiger partial charge in [-0.1, -0.05) is 5.16 Å². The molecule has 0 saturated carbocycles. The molecule has 0 fully saturated rings. The first-order valence-electron chi connectivity index (χ1n) is 4.14. The molecular weight excluding hydrogens is 180 g/mol. The van der Waals surface area contributed by atoms with E-state index in [9.17, 15) is 4.79 Å². The number of hydrogen-bond acceptors (Lipinski definition) is 4. The third-order valence-corrected chi connectivity index (χ3v) is 1.88. The molecule has 0 aromatic carbocycles. The number of aldehydes is 1. The Kier molecular flexibility index (Phi) is 2.10. The second-order valence-electron chi connectivity index (χ2n) is 2.90. The predicted molar refractivity (Wildman–Crippen MR) is 49.9 cm³/mol. The van der Waals surface area contributed by atoms with Gasteiger partial charge in [0, 0.05) is 29.6 Å². The number of carbonyl (C=O) groups excluding carboxylic acids is 1. The number of aryl methyl sites for hydroxylation is 1. The van der Waals surface area contributed by atoms with E-state index in [4.69, 9.17) is 4.52 Å². The van der Waals surface area contributed by atoms with E-state index < -0.39 is 0 Å². The zero-order chi connectivity index (χ0) is 9.97. The molecule has 70 valence electrons. The van der Waals surface area contributed by atoms with Crippen molar-refractivity contribution in [2.24, 2.45) is 0 Å². The number of rotatable bonds is 2. The smallest absolute Gasteiger partial charge is 0.152 e. The van der Waals surface area contributed by atoms with Crippen LogP contribution in [0.4, 0.5) is 0 Å². The van der Waals surface area contributed by atoms with Crippen LogP contribution in [-0.4, -0.2) is 16.4 Å².